The summed E-state index contributed by atoms with van der Waals surface area (Å²) in [5.74, 6) is 0. The number of hydrogen-bond acceptors (Lipinski definition) is 3. The van der Waals surface area contributed by atoms with Crippen LogP contribution in [0.1, 0.15) is 25.3 Å². The summed E-state index contributed by atoms with van der Waals surface area (Å²) in [7, 11) is -3.98. The number of halogens is 4. The molecule has 0 aromatic heterocycles. The van der Waals surface area contributed by atoms with Gasteiger partial charge in [-0.1, -0.05) is 17.7 Å². The summed E-state index contributed by atoms with van der Waals surface area (Å²) in [5, 5.41) is 0. The average Bonchev–Trinajstić information content (AvgIpc) is 2.25. The van der Waals surface area contributed by atoms with E-state index in [1.807, 2.05) is 0 Å². The highest BCUT2D eigenvalue weighted by Crippen LogP contribution is 2.34. The molecular formula is C13H16ClF3O3S. The first-order chi connectivity index (χ1) is 9.41. The molecule has 8 heteroatoms. The van der Waals surface area contributed by atoms with Gasteiger partial charge in [0.1, 0.15) is 0 Å². The fourth-order valence-electron chi connectivity index (χ4n) is 1.64. The van der Waals surface area contributed by atoms with Crippen LogP contribution in [0.4, 0.5) is 13.2 Å². The van der Waals surface area contributed by atoms with Crippen molar-refractivity contribution in [2.45, 2.75) is 42.6 Å². The Morgan fingerprint density at radius 1 is 1.19 bits per heavy atom. The fraction of sp³-hybridized carbons (Fsp3) is 0.538. The summed E-state index contributed by atoms with van der Waals surface area (Å²) < 4.78 is 65.2. The van der Waals surface area contributed by atoms with E-state index in [-0.39, 0.29) is 11.3 Å². The second kappa shape index (κ2) is 6.54. The van der Waals surface area contributed by atoms with Crippen LogP contribution in [0.15, 0.2) is 29.2 Å². The maximum Gasteiger partial charge on any atom is 0.390 e. The molecule has 3 nitrogen and oxygen atoms in total. The van der Waals surface area contributed by atoms with Crippen LogP contribution in [0, 0.1) is 6.92 Å². The molecule has 0 spiro atoms. The van der Waals surface area contributed by atoms with Gasteiger partial charge in [-0.25, -0.2) is 0 Å². The summed E-state index contributed by atoms with van der Waals surface area (Å²) in [6, 6.07) is 5.96. The number of rotatable bonds is 6. The molecule has 0 saturated heterocycles. The summed E-state index contributed by atoms with van der Waals surface area (Å²) in [5.41, 5.74) is 0.882. The predicted octanol–water partition coefficient (Wildman–Crippen LogP) is 4.04. The van der Waals surface area contributed by atoms with Gasteiger partial charge < -0.3 is 0 Å². The first-order valence-corrected chi connectivity index (χ1v) is 7.92. The number of alkyl halides is 4. The van der Waals surface area contributed by atoms with Gasteiger partial charge in [-0.3, -0.25) is 4.18 Å². The Balaban J connectivity index is 2.60. The van der Waals surface area contributed by atoms with Gasteiger partial charge in [0, 0.05) is 0 Å². The van der Waals surface area contributed by atoms with E-state index in [1.54, 1.807) is 19.1 Å². The second-order valence-electron chi connectivity index (χ2n) is 5.04. The Morgan fingerprint density at radius 3 is 2.19 bits per heavy atom. The van der Waals surface area contributed by atoms with Crippen LogP contribution in [0.25, 0.3) is 0 Å². The van der Waals surface area contributed by atoms with E-state index >= 15 is 0 Å². The molecule has 1 aromatic rings. The fourth-order valence-corrected chi connectivity index (χ4v) is 2.78. The lowest BCUT2D eigenvalue weighted by atomic mass is 10.0. The molecule has 0 aliphatic heterocycles. The molecule has 0 N–H and O–H groups in total. The predicted molar refractivity (Wildman–Crippen MR) is 73.9 cm³/mol. The number of aryl methyl sites for hydroxylation is 1. The van der Waals surface area contributed by atoms with E-state index in [0.717, 1.165) is 5.56 Å². The van der Waals surface area contributed by atoms with E-state index in [9.17, 15) is 21.6 Å². The monoisotopic (exact) mass is 344 g/mol. The Morgan fingerprint density at radius 2 is 1.71 bits per heavy atom. The van der Waals surface area contributed by atoms with Gasteiger partial charge in [-0.05, 0) is 32.4 Å². The first kappa shape index (κ1) is 18.3. The third-order valence-electron chi connectivity index (χ3n) is 2.74. The van der Waals surface area contributed by atoms with E-state index in [0.29, 0.717) is 0 Å². The third-order valence-corrected chi connectivity index (χ3v) is 4.39. The molecule has 0 aliphatic carbocycles. The van der Waals surface area contributed by atoms with Gasteiger partial charge in [0.2, 0.25) is 0 Å². The molecule has 0 radical (unpaired) electrons. The number of benzene rings is 1. The molecule has 1 rings (SSSR count). The van der Waals surface area contributed by atoms with E-state index in [2.05, 4.69) is 0 Å². The minimum Gasteiger partial charge on any atom is -0.266 e. The molecule has 0 amide bonds. The lowest BCUT2D eigenvalue weighted by Crippen LogP contribution is -2.27. The smallest absolute Gasteiger partial charge is 0.266 e. The zero-order valence-corrected chi connectivity index (χ0v) is 13.1. The zero-order chi connectivity index (χ0) is 16.3. The quantitative estimate of drug-likeness (QED) is 0.578. The van der Waals surface area contributed by atoms with Crippen LogP contribution in [-0.4, -0.2) is 26.1 Å². The minimum atomic E-state index is -4.41. The third kappa shape index (κ3) is 6.67. The van der Waals surface area contributed by atoms with Crippen molar-refractivity contribution in [3.05, 3.63) is 29.8 Å². The molecule has 1 atom stereocenters. The molecule has 0 heterocycles. The van der Waals surface area contributed by atoms with Crippen molar-refractivity contribution >= 4 is 21.7 Å². The Labute approximate surface area is 127 Å². The van der Waals surface area contributed by atoms with Crippen molar-refractivity contribution in [2.24, 2.45) is 0 Å². The largest absolute Gasteiger partial charge is 0.390 e. The highest BCUT2D eigenvalue weighted by atomic mass is 35.5. The van der Waals surface area contributed by atoms with Gasteiger partial charge in [-0.2, -0.15) is 21.6 Å². The van der Waals surface area contributed by atoms with E-state index < -0.39 is 34.2 Å². The minimum absolute atomic E-state index is 0.0415. The van der Waals surface area contributed by atoms with Crippen molar-refractivity contribution in [2.75, 3.05) is 6.61 Å². The summed E-state index contributed by atoms with van der Waals surface area (Å²) in [4.78, 5) is -1.64. The van der Waals surface area contributed by atoms with Gasteiger partial charge in [0.15, 0.2) is 0 Å². The number of hydrogen-bond donors (Lipinski definition) is 0. The molecule has 0 bridgehead atoms. The van der Waals surface area contributed by atoms with Crippen LogP contribution >= 0.6 is 11.6 Å². The van der Waals surface area contributed by atoms with Crippen LogP contribution in [0.2, 0.25) is 0 Å². The molecule has 21 heavy (non-hydrogen) atoms. The molecule has 120 valence electrons. The Kier molecular flexibility index (Phi) is 5.69. The van der Waals surface area contributed by atoms with Crippen molar-refractivity contribution in [1.29, 1.82) is 0 Å². The molecule has 0 fully saturated rings. The van der Waals surface area contributed by atoms with Crippen LogP contribution < -0.4 is 0 Å². The van der Waals surface area contributed by atoms with E-state index in [1.165, 1.54) is 19.1 Å². The second-order valence-corrected chi connectivity index (χ2v) is 7.57. The van der Waals surface area contributed by atoms with Crippen molar-refractivity contribution < 1.29 is 25.8 Å². The summed E-state index contributed by atoms with van der Waals surface area (Å²) >= 11 is 5.72. The zero-order valence-electron chi connectivity index (χ0n) is 11.6. The molecular weight excluding hydrogens is 329 g/mol. The summed E-state index contributed by atoms with van der Waals surface area (Å²) in [6.45, 7) is 2.59. The Hall–Kier alpha value is -0.790. The average molecular weight is 345 g/mol. The van der Waals surface area contributed by atoms with Crippen molar-refractivity contribution in [3.8, 4) is 0 Å². The van der Waals surface area contributed by atoms with Gasteiger partial charge >= 0.3 is 6.18 Å². The SMILES string of the molecule is Cc1ccc(S(=O)(=O)OCC[C@](C)(Cl)CC(F)(F)F)cc1. The normalized spacial score (nSPS) is 15.7. The lowest BCUT2D eigenvalue weighted by molar-refractivity contribution is -0.141. The van der Waals surface area contributed by atoms with Gasteiger partial charge in [0.25, 0.3) is 10.1 Å². The highest BCUT2D eigenvalue weighted by molar-refractivity contribution is 7.86. The van der Waals surface area contributed by atoms with Crippen molar-refractivity contribution in [3.63, 3.8) is 0 Å². The summed E-state index contributed by atoms with van der Waals surface area (Å²) in [6.07, 6.45) is -5.86. The standard InChI is InChI=1S/C13H16ClF3O3S/c1-10-3-5-11(6-4-10)21(18,19)20-8-7-12(2,14)9-13(15,16)17/h3-6H,7-9H2,1-2H3/t12-/m0/s1. The molecule has 0 saturated carbocycles. The maximum atomic E-state index is 12.3. The molecule has 0 aliphatic rings. The lowest BCUT2D eigenvalue weighted by Gasteiger charge is -2.23. The van der Waals surface area contributed by atoms with E-state index in [4.69, 9.17) is 15.8 Å². The Bertz CT molecular complexity index is 565. The van der Waals surface area contributed by atoms with Gasteiger partial charge in [-0.15, -0.1) is 11.6 Å². The van der Waals surface area contributed by atoms with Crippen LogP contribution in [0.3, 0.4) is 0 Å². The van der Waals surface area contributed by atoms with Gasteiger partial charge in [0.05, 0.1) is 22.8 Å². The van der Waals surface area contributed by atoms with Crippen LogP contribution in [0.5, 0.6) is 0 Å². The molecule has 0 unspecified atom stereocenters. The van der Waals surface area contributed by atoms with Crippen molar-refractivity contribution in [1.82, 2.24) is 0 Å². The topological polar surface area (TPSA) is 43.4 Å². The van der Waals surface area contributed by atoms with Crippen LogP contribution in [-0.2, 0) is 14.3 Å². The maximum absolute atomic E-state index is 12.3. The highest BCUT2D eigenvalue weighted by Gasteiger charge is 2.38. The molecule has 1 aromatic carbocycles. The first-order valence-electron chi connectivity index (χ1n) is 6.13.